The summed E-state index contributed by atoms with van der Waals surface area (Å²) in [7, 11) is 0. The minimum Gasteiger partial charge on any atom is -0.330 e. The van der Waals surface area contributed by atoms with Gasteiger partial charge < -0.3 is 14.0 Å². The number of hydrogen-bond acceptors (Lipinski definition) is 7. The van der Waals surface area contributed by atoms with Gasteiger partial charge in [0, 0.05) is 29.1 Å². The zero-order chi connectivity index (χ0) is 23.9. The minimum atomic E-state index is -0.337. The molecule has 35 heavy (non-hydrogen) atoms. The zero-order valence-corrected chi connectivity index (χ0v) is 19.4. The van der Waals surface area contributed by atoms with Crippen molar-refractivity contribution < 1.29 is 13.7 Å². The molecule has 8 nitrogen and oxygen atoms in total. The minimum absolute atomic E-state index is 0.0533. The summed E-state index contributed by atoms with van der Waals surface area (Å²) in [5.74, 6) is 1.26. The number of carbonyl (C=O) groups excluding carboxylic acids is 1. The topological polar surface area (TPSA) is 89.9 Å². The molecule has 1 aliphatic rings. The lowest BCUT2D eigenvalue weighted by Crippen LogP contribution is -2.41. The van der Waals surface area contributed by atoms with E-state index in [1.165, 1.54) is 17.0 Å². The number of aromatic nitrogens is 5. The van der Waals surface area contributed by atoms with Crippen LogP contribution >= 0.6 is 11.3 Å². The highest BCUT2D eigenvalue weighted by Gasteiger charge is 2.33. The molecule has 1 aliphatic heterocycles. The van der Waals surface area contributed by atoms with Crippen molar-refractivity contribution in [3.05, 3.63) is 83.2 Å². The molecule has 0 radical (unpaired) electrons. The Bertz CT molecular complexity index is 1490. The smallest absolute Gasteiger partial charge is 0.296 e. The maximum atomic E-state index is 13.3. The second kappa shape index (κ2) is 8.55. The molecule has 0 unspecified atom stereocenters. The Morgan fingerprint density at radius 3 is 2.54 bits per heavy atom. The molecule has 1 amide bonds. The van der Waals surface area contributed by atoms with Crippen molar-refractivity contribution in [2.45, 2.75) is 19.5 Å². The molecule has 0 spiro atoms. The van der Waals surface area contributed by atoms with Gasteiger partial charge in [0.15, 0.2) is 5.82 Å². The quantitative estimate of drug-likeness (QED) is 0.352. The van der Waals surface area contributed by atoms with E-state index in [1.54, 1.807) is 28.4 Å². The van der Waals surface area contributed by atoms with Gasteiger partial charge in [-0.05, 0) is 60.3 Å². The summed E-state index contributed by atoms with van der Waals surface area (Å²) in [6, 6.07) is 17.3. The number of fused-ring (bicyclic) bond motifs is 1. The first-order valence-corrected chi connectivity index (χ1v) is 11.9. The van der Waals surface area contributed by atoms with Crippen LogP contribution in [0.15, 0.2) is 70.6 Å². The first-order valence-electron chi connectivity index (χ1n) is 11.1. The number of rotatable bonds is 4. The van der Waals surface area contributed by atoms with Gasteiger partial charge in [-0.1, -0.05) is 23.4 Å². The highest BCUT2D eigenvalue weighted by atomic mass is 32.1. The predicted molar refractivity (Wildman–Crippen MR) is 128 cm³/mol. The normalized spacial score (nSPS) is 15.3. The van der Waals surface area contributed by atoms with Gasteiger partial charge in [0.25, 0.3) is 11.8 Å². The van der Waals surface area contributed by atoms with Crippen LogP contribution in [0.1, 0.15) is 29.1 Å². The molecular weight excluding hydrogens is 467 g/mol. The van der Waals surface area contributed by atoms with Gasteiger partial charge in [0.1, 0.15) is 5.82 Å². The molecule has 2 aromatic carbocycles. The molecule has 0 fully saturated rings. The van der Waals surface area contributed by atoms with Crippen molar-refractivity contribution in [1.82, 2.24) is 29.8 Å². The van der Waals surface area contributed by atoms with E-state index in [4.69, 9.17) is 4.52 Å². The first kappa shape index (κ1) is 21.4. The number of nitrogens with zero attached hydrogens (tertiary/aromatic N) is 6. The Labute approximate surface area is 203 Å². The van der Waals surface area contributed by atoms with Crippen molar-refractivity contribution in [3.63, 3.8) is 0 Å². The maximum absolute atomic E-state index is 13.3. The lowest BCUT2D eigenvalue weighted by atomic mass is 10.1. The summed E-state index contributed by atoms with van der Waals surface area (Å²) in [6.07, 6.45) is 0. The molecule has 4 heterocycles. The fourth-order valence-electron chi connectivity index (χ4n) is 4.24. The number of amides is 1. The van der Waals surface area contributed by atoms with Crippen LogP contribution in [-0.2, 0) is 6.54 Å². The fourth-order valence-corrected chi connectivity index (χ4v) is 4.97. The van der Waals surface area contributed by atoms with Gasteiger partial charge >= 0.3 is 0 Å². The largest absolute Gasteiger partial charge is 0.330 e. The van der Waals surface area contributed by atoms with E-state index in [-0.39, 0.29) is 23.7 Å². The Hall–Kier alpha value is -4.18. The maximum Gasteiger partial charge on any atom is 0.296 e. The van der Waals surface area contributed by atoms with Gasteiger partial charge in [0.2, 0.25) is 11.6 Å². The van der Waals surface area contributed by atoms with E-state index in [0.717, 1.165) is 5.56 Å². The van der Waals surface area contributed by atoms with E-state index in [2.05, 4.69) is 26.4 Å². The van der Waals surface area contributed by atoms with Gasteiger partial charge in [-0.15, -0.1) is 21.5 Å². The van der Waals surface area contributed by atoms with Crippen molar-refractivity contribution in [2.24, 2.45) is 0 Å². The van der Waals surface area contributed by atoms with E-state index in [0.29, 0.717) is 41.7 Å². The third kappa shape index (κ3) is 3.81. The van der Waals surface area contributed by atoms with E-state index >= 15 is 0 Å². The number of halogens is 1. The molecule has 0 bridgehead atoms. The third-order valence-corrected chi connectivity index (χ3v) is 7.02. The van der Waals surface area contributed by atoms with Gasteiger partial charge in [0.05, 0.1) is 6.04 Å². The van der Waals surface area contributed by atoms with Crippen molar-refractivity contribution in [1.29, 1.82) is 0 Å². The highest BCUT2D eigenvalue weighted by molar-refractivity contribution is 7.13. The highest BCUT2D eigenvalue weighted by Crippen LogP contribution is 2.31. The summed E-state index contributed by atoms with van der Waals surface area (Å²) >= 11 is 1.67. The molecule has 10 heteroatoms. The Kier molecular flexibility index (Phi) is 5.22. The molecule has 1 atom stereocenters. The zero-order valence-electron chi connectivity index (χ0n) is 18.6. The molecule has 5 aromatic rings. The van der Waals surface area contributed by atoms with E-state index in [1.807, 2.05) is 47.2 Å². The first-order chi connectivity index (χ1) is 17.1. The summed E-state index contributed by atoms with van der Waals surface area (Å²) in [5.41, 5.74) is 2.35. The summed E-state index contributed by atoms with van der Waals surface area (Å²) in [5, 5.41) is 14.6. The van der Waals surface area contributed by atoms with Crippen LogP contribution in [-0.4, -0.2) is 42.3 Å². The molecule has 0 saturated carbocycles. The van der Waals surface area contributed by atoms with E-state index in [9.17, 15) is 9.18 Å². The predicted octanol–water partition coefficient (Wildman–Crippen LogP) is 5.08. The molecule has 0 aliphatic carbocycles. The van der Waals surface area contributed by atoms with E-state index < -0.39 is 0 Å². The monoisotopic (exact) mass is 486 g/mol. The molecule has 0 N–H and O–H groups in total. The molecule has 0 saturated heterocycles. The third-order valence-electron chi connectivity index (χ3n) is 6.10. The lowest BCUT2D eigenvalue weighted by Gasteiger charge is -2.33. The van der Waals surface area contributed by atoms with Gasteiger partial charge in [-0.2, -0.15) is 4.98 Å². The van der Waals surface area contributed by atoms with Crippen molar-refractivity contribution in [2.75, 3.05) is 6.54 Å². The average Bonchev–Trinajstić information content (AvgIpc) is 3.65. The second-order valence-corrected chi connectivity index (χ2v) is 9.14. The van der Waals surface area contributed by atoms with Crippen molar-refractivity contribution >= 4 is 17.2 Å². The number of thiophene rings is 1. The van der Waals surface area contributed by atoms with Crippen LogP contribution in [0.2, 0.25) is 0 Å². The molecular formula is C25H19FN6O2S. The molecule has 6 rings (SSSR count). The average molecular weight is 487 g/mol. The number of hydrogen-bond donors (Lipinski definition) is 0. The summed E-state index contributed by atoms with van der Waals surface area (Å²) in [4.78, 5) is 20.7. The van der Waals surface area contributed by atoms with Crippen LogP contribution in [0.25, 0.3) is 33.5 Å². The Morgan fingerprint density at radius 2 is 1.80 bits per heavy atom. The summed E-state index contributed by atoms with van der Waals surface area (Å²) in [6.45, 7) is 2.91. The Morgan fingerprint density at radius 1 is 1.03 bits per heavy atom. The second-order valence-electron chi connectivity index (χ2n) is 8.19. The van der Waals surface area contributed by atoms with Crippen LogP contribution in [0.5, 0.6) is 0 Å². The number of benzene rings is 2. The number of carbonyl (C=O) groups is 1. The van der Waals surface area contributed by atoms with Crippen LogP contribution in [0, 0.1) is 5.82 Å². The van der Waals surface area contributed by atoms with Gasteiger partial charge in [-0.3, -0.25) is 4.79 Å². The van der Waals surface area contributed by atoms with Gasteiger partial charge in [-0.25, -0.2) is 4.39 Å². The van der Waals surface area contributed by atoms with Crippen LogP contribution in [0.3, 0.4) is 0 Å². The van der Waals surface area contributed by atoms with Crippen LogP contribution < -0.4 is 0 Å². The lowest BCUT2D eigenvalue weighted by molar-refractivity contribution is 0.0638. The Balaban J connectivity index is 1.23. The van der Waals surface area contributed by atoms with Crippen LogP contribution in [0.4, 0.5) is 4.39 Å². The fraction of sp³-hybridized carbons (Fsp3) is 0.160. The standard InChI is InChI=1S/C25H19FN6O2S/c1-15-22-28-29-23(24-27-21(30-34-24)17-8-10-19(26)11-9-17)32(22)13-12-31(15)25(33)18-6-4-16(5-7-18)20-3-2-14-35-20/h2-11,14-15H,12-13H2,1H3/t15-/m1/s1. The van der Waals surface area contributed by atoms with Crippen molar-refractivity contribution in [3.8, 4) is 33.5 Å². The SMILES string of the molecule is C[C@@H]1c2nnc(-c3nc(-c4ccc(F)cc4)no3)n2CCN1C(=O)c1ccc(-c2cccs2)cc1. The summed E-state index contributed by atoms with van der Waals surface area (Å²) < 4.78 is 20.5. The molecule has 3 aromatic heterocycles. The molecule has 174 valence electrons.